The number of carbonyl (C=O) groups is 2. The van der Waals surface area contributed by atoms with Crippen molar-refractivity contribution in [1.29, 1.82) is 0 Å². The van der Waals surface area contributed by atoms with E-state index in [1.165, 1.54) is 17.8 Å². The van der Waals surface area contributed by atoms with Gasteiger partial charge in [0, 0.05) is 18.3 Å². The van der Waals surface area contributed by atoms with Crippen molar-refractivity contribution in [2.45, 2.75) is 63.9 Å². The van der Waals surface area contributed by atoms with Crippen LogP contribution in [0.2, 0.25) is 0 Å². The van der Waals surface area contributed by atoms with Gasteiger partial charge in [0.2, 0.25) is 11.8 Å². The first-order valence-corrected chi connectivity index (χ1v) is 12.1. The number of amides is 2. The van der Waals surface area contributed by atoms with Crippen LogP contribution in [0.4, 0.5) is 4.39 Å². The lowest BCUT2D eigenvalue weighted by Gasteiger charge is -2.30. The van der Waals surface area contributed by atoms with Crippen LogP contribution >= 0.6 is 11.8 Å². The van der Waals surface area contributed by atoms with Crippen molar-refractivity contribution in [3.8, 4) is 0 Å². The second-order valence-electron chi connectivity index (χ2n) is 8.26. The molecule has 1 fully saturated rings. The molecular weight excluding hydrogens is 411 g/mol. The predicted molar refractivity (Wildman–Crippen MR) is 124 cm³/mol. The monoisotopic (exact) mass is 442 g/mol. The van der Waals surface area contributed by atoms with Crippen molar-refractivity contribution in [3.05, 3.63) is 71.0 Å². The molecule has 31 heavy (non-hydrogen) atoms. The van der Waals surface area contributed by atoms with Gasteiger partial charge in [-0.2, -0.15) is 0 Å². The van der Waals surface area contributed by atoms with Crippen molar-refractivity contribution < 1.29 is 14.0 Å². The lowest BCUT2D eigenvalue weighted by Crippen LogP contribution is -2.50. The quantitative estimate of drug-likeness (QED) is 0.604. The third kappa shape index (κ3) is 6.82. The molecular formula is C25H31FN2O2S. The second kappa shape index (κ2) is 11.3. The van der Waals surface area contributed by atoms with Gasteiger partial charge in [-0.25, -0.2) is 4.39 Å². The van der Waals surface area contributed by atoms with Gasteiger partial charge in [-0.3, -0.25) is 9.59 Å². The lowest BCUT2D eigenvalue weighted by molar-refractivity contribution is -0.138. The van der Waals surface area contributed by atoms with E-state index in [-0.39, 0.29) is 29.4 Å². The number of halogens is 1. The number of carbonyl (C=O) groups excluding carboxylic acids is 2. The van der Waals surface area contributed by atoms with E-state index >= 15 is 0 Å². The molecule has 0 radical (unpaired) electrons. The van der Waals surface area contributed by atoms with Gasteiger partial charge in [-0.15, -0.1) is 11.8 Å². The minimum atomic E-state index is -0.567. The number of hydrogen-bond donors (Lipinski definition) is 1. The minimum Gasteiger partial charge on any atom is -0.352 e. The Morgan fingerprint density at radius 1 is 1.16 bits per heavy atom. The number of benzene rings is 2. The normalized spacial score (nSPS) is 14.9. The van der Waals surface area contributed by atoms with Gasteiger partial charge in [0.05, 0.1) is 5.75 Å². The summed E-state index contributed by atoms with van der Waals surface area (Å²) in [5.41, 5.74) is 2.69. The molecule has 1 N–H and O–H groups in total. The van der Waals surface area contributed by atoms with E-state index in [1.807, 2.05) is 31.2 Å². The highest BCUT2D eigenvalue weighted by molar-refractivity contribution is 7.99. The lowest BCUT2D eigenvalue weighted by atomic mass is 10.1. The Hall–Kier alpha value is -2.34. The topological polar surface area (TPSA) is 49.4 Å². The van der Waals surface area contributed by atoms with Gasteiger partial charge in [0.25, 0.3) is 0 Å². The van der Waals surface area contributed by atoms with Crippen molar-refractivity contribution >= 4 is 23.6 Å². The SMILES string of the molecule is Cc1cccc(CN(C(=O)CSCc2ccccc2F)[C@H](C)C(=O)NC2CCCC2)c1. The first-order chi connectivity index (χ1) is 14.9. The number of hydrogen-bond acceptors (Lipinski definition) is 3. The summed E-state index contributed by atoms with van der Waals surface area (Å²) in [6, 6.07) is 14.2. The fraction of sp³-hybridized carbons (Fsp3) is 0.440. The zero-order valence-electron chi connectivity index (χ0n) is 18.3. The van der Waals surface area contributed by atoms with Crippen LogP contribution in [0, 0.1) is 12.7 Å². The first kappa shape index (κ1) is 23.3. The van der Waals surface area contributed by atoms with Crippen molar-refractivity contribution in [2.75, 3.05) is 5.75 Å². The van der Waals surface area contributed by atoms with Crippen LogP contribution in [0.15, 0.2) is 48.5 Å². The Balaban J connectivity index is 1.66. The summed E-state index contributed by atoms with van der Waals surface area (Å²) in [5.74, 6) is 0.132. The zero-order valence-corrected chi connectivity index (χ0v) is 19.1. The largest absolute Gasteiger partial charge is 0.352 e. The Kier molecular flexibility index (Phi) is 8.52. The van der Waals surface area contributed by atoms with Gasteiger partial charge in [0.15, 0.2) is 0 Å². The summed E-state index contributed by atoms with van der Waals surface area (Å²) in [6.45, 7) is 4.18. The van der Waals surface area contributed by atoms with E-state index in [2.05, 4.69) is 5.32 Å². The van der Waals surface area contributed by atoms with Crippen LogP contribution < -0.4 is 5.32 Å². The highest BCUT2D eigenvalue weighted by atomic mass is 32.2. The summed E-state index contributed by atoms with van der Waals surface area (Å²) in [6.07, 6.45) is 4.28. The predicted octanol–water partition coefficient (Wildman–Crippen LogP) is 4.84. The molecule has 6 heteroatoms. The van der Waals surface area contributed by atoms with Crippen LogP contribution in [-0.2, 0) is 21.9 Å². The van der Waals surface area contributed by atoms with Gasteiger partial charge in [-0.1, -0.05) is 60.9 Å². The molecule has 2 aromatic carbocycles. The third-order valence-electron chi connectivity index (χ3n) is 5.75. The molecule has 0 heterocycles. The Morgan fingerprint density at radius 2 is 1.90 bits per heavy atom. The van der Waals surface area contributed by atoms with E-state index in [0.29, 0.717) is 17.9 Å². The van der Waals surface area contributed by atoms with E-state index in [1.54, 1.807) is 30.0 Å². The summed E-state index contributed by atoms with van der Waals surface area (Å²) >= 11 is 1.37. The molecule has 0 aromatic heterocycles. The first-order valence-electron chi connectivity index (χ1n) is 10.9. The molecule has 0 saturated heterocycles. The number of thioether (sulfide) groups is 1. The van der Waals surface area contributed by atoms with Gasteiger partial charge < -0.3 is 10.2 Å². The molecule has 1 aliphatic rings. The Morgan fingerprint density at radius 3 is 2.61 bits per heavy atom. The molecule has 2 aromatic rings. The Labute approximate surface area is 188 Å². The fourth-order valence-electron chi connectivity index (χ4n) is 3.93. The smallest absolute Gasteiger partial charge is 0.242 e. The zero-order chi connectivity index (χ0) is 22.2. The highest BCUT2D eigenvalue weighted by Crippen LogP contribution is 2.20. The molecule has 0 unspecified atom stereocenters. The van der Waals surface area contributed by atoms with Crippen molar-refractivity contribution in [1.82, 2.24) is 10.2 Å². The maximum Gasteiger partial charge on any atom is 0.242 e. The molecule has 0 bridgehead atoms. The van der Waals surface area contributed by atoms with Crippen molar-refractivity contribution in [2.24, 2.45) is 0 Å². The fourth-order valence-corrected chi connectivity index (χ4v) is 4.82. The summed E-state index contributed by atoms with van der Waals surface area (Å²) < 4.78 is 13.9. The summed E-state index contributed by atoms with van der Waals surface area (Å²) in [7, 11) is 0. The standard InChI is InChI=1S/C25H31FN2O2S/c1-18-8-7-9-20(14-18)15-28(19(2)25(30)27-22-11-4-5-12-22)24(29)17-31-16-21-10-3-6-13-23(21)26/h3,6-10,13-14,19,22H,4-5,11-12,15-17H2,1-2H3,(H,27,30)/t19-/m1/s1. The second-order valence-corrected chi connectivity index (χ2v) is 9.25. The number of aryl methyl sites for hydroxylation is 1. The van der Waals surface area contributed by atoms with E-state index in [9.17, 15) is 14.0 Å². The van der Waals surface area contributed by atoms with Gasteiger partial charge >= 0.3 is 0 Å². The molecule has 1 saturated carbocycles. The molecule has 0 aliphatic heterocycles. The molecule has 3 rings (SSSR count). The third-order valence-corrected chi connectivity index (χ3v) is 6.71. The van der Waals surface area contributed by atoms with Crippen LogP contribution in [0.1, 0.15) is 49.3 Å². The Bertz CT molecular complexity index is 899. The maximum atomic E-state index is 13.9. The maximum absolute atomic E-state index is 13.9. The number of rotatable bonds is 9. The van der Waals surface area contributed by atoms with E-state index < -0.39 is 6.04 Å². The van der Waals surface area contributed by atoms with Gasteiger partial charge in [0.1, 0.15) is 11.9 Å². The van der Waals surface area contributed by atoms with E-state index in [0.717, 1.165) is 36.8 Å². The number of nitrogens with zero attached hydrogens (tertiary/aromatic N) is 1. The average molecular weight is 443 g/mol. The van der Waals surface area contributed by atoms with Crippen LogP contribution in [0.5, 0.6) is 0 Å². The molecule has 2 amide bonds. The average Bonchev–Trinajstić information content (AvgIpc) is 3.26. The summed E-state index contributed by atoms with van der Waals surface area (Å²) in [5, 5.41) is 3.11. The minimum absolute atomic E-state index is 0.105. The summed E-state index contributed by atoms with van der Waals surface area (Å²) in [4.78, 5) is 27.6. The molecule has 1 atom stereocenters. The van der Waals surface area contributed by atoms with Crippen LogP contribution in [0.25, 0.3) is 0 Å². The number of nitrogens with one attached hydrogen (secondary N) is 1. The molecule has 0 spiro atoms. The van der Waals surface area contributed by atoms with Crippen LogP contribution in [-0.4, -0.2) is 34.6 Å². The van der Waals surface area contributed by atoms with E-state index in [4.69, 9.17) is 0 Å². The van der Waals surface area contributed by atoms with Gasteiger partial charge in [-0.05, 0) is 43.9 Å². The van der Waals surface area contributed by atoms with Crippen molar-refractivity contribution in [3.63, 3.8) is 0 Å². The molecule has 1 aliphatic carbocycles. The highest BCUT2D eigenvalue weighted by Gasteiger charge is 2.28. The molecule has 4 nitrogen and oxygen atoms in total. The molecule has 166 valence electrons. The van der Waals surface area contributed by atoms with Crippen LogP contribution in [0.3, 0.4) is 0 Å².